The number of nitrogen functional groups attached to an aromatic ring is 1. The Morgan fingerprint density at radius 1 is 1.37 bits per heavy atom. The third-order valence-corrected chi connectivity index (χ3v) is 4.07. The van der Waals surface area contributed by atoms with Crippen LogP contribution in [-0.2, 0) is 0 Å². The molecule has 3 heterocycles. The minimum Gasteiger partial charge on any atom is -0.368 e. The average molecular weight is 279 g/mol. The van der Waals surface area contributed by atoms with Crippen molar-refractivity contribution >= 4 is 34.7 Å². The van der Waals surface area contributed by atoms with E-state index in [1.807, 2.05) is 11.8 Å². The predicted octanol–water partition coefficient (Wildman–Crippen LogP) is 0.396. The molecule has 0 spiro atoms. The van der Waals surface area contributed by atoms with E-state index in [9.17, 15) is 0 Å². The normalized spacial score (nSPS) is 16.8. The fraction of sp³-hybridized carbons (Fsp3) is 0.545. The number of hydrogen-bond donors (Lipinski definition) is 3. The number of nitrogens with one attached hydrogen (secondary N) is 2. The Balaban J connectivity index is 1.63. The second-order valence-corrected chi connectivity index (χ2v) is 5.64. The molecule has 1 aliphatic rings. The second kappa shape index (κ2) is 5.62. The van der Waals surface area contributed by atoms with Crippen LogP contribution in [0.2, 0.25) is 0 Å². The second-order valence-electron chi connectivity index (χ2n) is 4.41. The maximum absolute atomic E-state index is 5.67. The number of hydrogen-bond acceptors (Lipinski definition) is 7. The summed E-state index contributed by atoms with van der Waals surface area (Å²) in [5.74, 6) is 3.43. The molecule has 3 rings (SSSR count). The van der Waals surface area contributed by atoms with Gasteiger partial charge in [-0.25, -0.2) is 4.98 Å². The molecule has 1 aliphatic heterocycles. The van der Waals surface area contributed by atoms with Gasteiger partial charge in [0, 0.05) is 37.7 Å². The molecule has 0 bridgehead atoms. The van der Waals surface area contributed by atoms with Crippen LogP contribution in [0.3, 0.4) is 0 Å². The first-order valence-corrected chi connectivity index (χ1v) is 7.49. The van der Waals surface area contributed by atoms with Crippen molar-refractivity contribution in [3.63, 3.8) is 0 Å². The molecule has 0 atom stereocenters. The third kappa shape index (κ3) is 2.90. The maximum Gasteiger partial charge on any atom is 0.224 e. The Kier molecular flexibility index (Phi) is 3.69. The number of anilines is 2. The van der Waals surface area contributed by atoms with E-state index < -0.39 is 0 Å². The summed E-state index contributed by atoms with van der Waals surface area (Å²) in [5.41, 5.74) is 7.08. The lowest BCUT2D eigenvalue weighted by molar-refractivity contribution is 0.314. The highest BCUT2D eigenvalue weighted by Gasteiger charge is 2.11. The van der Waals surface area contributed by atoms with Gasteiger partial charge in [-0.05, 0) is 0 Å². The molecule has 2 aromatic heterocycles. The zero-order chi connectivity index (χ0) is 13.1. The van der Waals surface area contributed by atoms with Crippen molar-refractivity contribution in [2.45, 2.75) is 0 Å². The van der Waals surface area contributed by atoms with E-state index >= 15 is 0 Å². The SMILES string of the molecule is Nc1nc(NCCN2CCSCC2)c2[nH]cnc2n1. The monoisotopic (exact) mass is 279 g/mol. The summed E-state index contributed by atoms with van der Waals surface area (Å²) in [6.07, 6.45) is 1.60. The molecule has 0 unspecified atom stereocenters. The number of nitrogens with zero attached hydrogens (tertiary/aromatic N) is 4. The quantitative estimate of drug-likeness (QED) is 0.745. The van der Waals surface area contributed by atoms with Crippen molar-refractivity contribution in [1.29, 1.82) is 0 Å². The Morgan fingerprint density at radius 3 is 3.05 bits per heavy atom. The molecule has 4 N–H and O–H groups in total. The first-order valence-electron chi connectivity index (χ1n) is 6.33. The summed E-state index contributed by atoms with van der Waals surface area (Å²) in [6, 6.07) is 0. The molecule has 19 heavy (non-hydrogen) atoms. The summed E-state index contributed by atoms with van der Waals surface area (Å²) in [7, 11) is 0. The summed E-state index contributed by atoms with van der Waals surface area (Å²) in [5, 5.41) is 3.31. The van der Waals surface area contributed by atoms with Crippen LogP contribution in [0.25, 0.3) is 11.2 Å². The molecule has 8 heteroatoms. The van der Waals surface area contributed by atoms with E-state index in [0.29, 0.717) is 5.65 Å². The Morgan fingerprint density at radius 2 is 2.21 bits per heavy atom. The molecule has 0 amide bonds. The molecule has 0 radical (unpaired) electrons. The Bertz CT molecular complexity index is 549. The number of rotatable bonds is 4. The lowest BCUT2D eigenvalue weighted by atomic mass is 10.4. The average Bonchev–Trinajstić information content (AvgIpc) is 2.88. The minimum absolute atomic E-state index is 0.247. The highest BCUT2D eigenvalue weighted by atomic mass is 32.2. The predicted molar refractivity (Wildman–Crippen MR) is 78.4 cm³/mol. The van der Waals surface area contributed by atoms with Crippen molar-refractivity contribution < 1.29 is 0 Å². The van der Waals surface area contributed by atoms with Gasteiger partial charge >= 0.3 is 0 Å². The first-order chi connectivity index (χ1) is 9.33. The maximum atomic E-state index is 5.67. The van der Waals surface area contributed by atoms with E-state index in [2.05, 4.69) is 30.2 Å². The van der Waals surface area contributed by atoms with Crippen LogP contribution in [0.4, 0.5) is 11.8 Å². The van der Waals surface area contributed by atoms with Crippen molar-refractivity contribution in [3.8, 4) is 0 Å². The smallest absolute Gasteiger partial charge is 0.224 e. The number of H-pyrrole nitrogens is 1. The highest BCUT2D eigenvalue weighted by Crippen LogP contribution is 2.17. The van der Waals surface area contributed by atoms with Crippen LogP contribution in [-0.4, -0.2) is 62.5 Å². The number of aromatic amines is 1. The van der Waals surface area contributed by atoms with E-state index in [1.54, 1.807) is 6.33 Å². The van der Waals surface area contributed by atoms with Crippen molar-refractivity contribution in [3.05, 3.63) is 6.33 Å². The number of thioether (sulfide) groups is 1. The van der Waals surface area contributed by atoms with Crippen LogP contribution >= 0.6 is 11.8 Å². The molecule has 1 fully saturated rings. The summed E-state index contributed by atoms with van der Waals surface area (Å²) >= 11 is 2.02. The standard InChI is InChI=1S/C11H17N7S/c12-11-16-9(8-10(17-11)15-7-14-8)13-1-2-18-3-5-19-6-4-18/h7H,1-6H2,(H4,12,13,14,15,16,17). The van der Waals surface area contributed by atoms with Gasteiger partial charge < -0.3 is 16.0 Å². The van der Waals surface area contributed by atoms with Gasteiger partial charge in [0.05, 0.1) is 6.33 Å². The van der Waals surface area contributed by atoms with Crippen molar-refractivity contribution in [2.75, 3.05) is 48.7 Å². The van der Waals surface area contributed by atoms with E-state index in [1.165, 1.54) is 11.5 Å². The number of imidazole rings is 1. The van der Waals surface area contributed by atoms with Gasteiger partial charge in [0.2, 0.25) is 5.95 Å². The van der Waals surface area contributed by atoms with Gasteiger partial charge in [0.1, 0.15) is 5.52 Å². The van der Waals surface area contributed by atoms with Crippen LogP contribution in [0.5, 0.6) is 0 Å². The van der Waals surface area contributed by atoms with Gasteiger partial charge in [-0.15, -0.1) is 0 Å². The van der Waals surface area contributed by atoms with Crippen LogP contribution < -0.4 is 11.1 Å². The molecule has 1 saturated heterocycles. The van der Waals surface area contributed by atoms with E-state index in [-0.39, 0.29) is 5.95 Å². The zero-order valence-corrected chi connectivity index (χ0v) is 11.4. The highest BCUT2D eigenvalue weighted by molar-refractivity contribution is 7.99. The number of nitrogens with two attached hydrogens (primary N) is 1. The number of fused-ring (bicyclic) bond motifs is 1. The summed E-state index contributed by atoms with van der Waals surface area (Å²) < 4.78 is 0. The minimum atomic E-state index is 0.247. The van der Waals surface area contributed by atoms with Gasteiger partial charge in [-0.3, -0.25) is 4.90 Å². The summed E-state index contributed by atoms with van der Waals surface area (Å²) in [6.45, 7) is 4.19. The first kappa shape index (κ1) is 12.5. The van der Waals surface area contributed by atoms with E-state index in [4.69, 9.17) is 5.73 Å². The Labute approximate surface area is 115 Å². The molecule has 0 aromatic carbocycles. The van der Waals surface area contributed by atoms with Crippen molar-refractivity contribution in [2.24, 2.45) is 0 Å². The van der Waals surface area contributed by atoms with Crippen molar-refractivity contribution in [1.82, 2.24) is 24.8 Å². The number of aromatic nitrogens is 4. The van der Waals surface area contributed by atoms with Crippen LogP contribution in [0.1, 0.15) is 0 Å². The molecule has 102 valence electrons. The fourth-order valence-corrected chi connectivity index (χ4v) is 3.11. The molecule has 0 saturated carbocycles. The zero-order valence-electron chi connectivity index (χ0n) is 10.6. The van der Waals surface area contributed by atoms with Gasteiger partial charge in [0.25, 0.3) is 0 Å². The molecule has 7 nitrogen and oxygen atoms in total. The van der Waals surface area contributed by atoms with Gasteiger partial charge in [0.15, 0.2) is 11.5 Å². The topological polar surface area (TPSA) is 95.8 Å². The van der Waals surface area contributed by atoms with Crippen LogP contribution in [0.15, 0.2) is 6.33 Å². The molecular weight excluding hydrogens is 262 g/mol. The lowest BCUT2D eigenvalue weighted by Gasteiger charge is -2.26. The van der Waals surface area contributed by atoms with E-state index in [0.717, 1.165) is 37.5 Å². The third-order valence-electron chi connectivity index (χ3n) is 3.13. The lowest BCUT2D eigenvalue weighted by Crippen LogP contribution is -2.36. The largest absolute Gasteiger partial charge is 0.368 e. The molecule has 2 aromatic rings. The van der Waals surface area contributed by atoms with Gasteiger partial charge in [-0.1, -0.05) is 0 Å². The fourth-order valence-electron chi connectivity index (χ4n) is 2.14. The molecular formula is C11H17N7S. The van der Waals surface area contributed by atoms with Gasteiger partial charge in [-0.2, -0.15) is 21.7 Å². The molecule has 0 aliphatic carbocycles. The summed E-state index contributed by atoms with van der Waals surface area (Å²) in [4.78, 5) is 17.9. The van der Waals surface area contributed by atoms with Crippen LogP contribution in [0, 0.1) is 0 Å². The Hall–Kier alpha value is -1.54.